The van der Waals surface area contributed by atoms with Crippen molar-refractivity contribution in [2.75, 3.05) is 0 Å². The van der Waals surface area contributed by atoms with E-state index in [4.69, 9.17) is 30.0 Å². The molecule has 0 saturated heterocycles. The molecule has 3 rings (SSSR count). The van der Waals surface area contributed by atoms with Crippen molar-refractivity contribution in [3.8, 4) is 11.5 Å². The number of hydrogen-bond donors (Lipinski definition) is 0. The van der Waals surface area contributed by atoms with Crippen molar-refractivity contribution in [2.24, 2.45) is 0 Å². The van der Waals surface area contributed by atoms with E-state index in [1.165, 1.54) is 13.0 Å². The van der Waals surface area contributed by atoms with E-state index < -0.39 is 18.1 Å². The quantitative estimate of drug-likeness (QED) is 0.308. The van der Waals surface area contributed by atoms with Gasteiger partial charge in [-0.15, -0.1) is 0 Å². The molecule has 3 aromatic rings. The molecule has 0 amide bonds. The van der Waals surface area contributed by atoms with Gasteiger partial charge in [-0.2, -0.15) is 0 Å². The van der Waals surface area contributed by atoms with Crippen LogP contribution in [0.5, 0.6) is 11.5 Å². The summed E-state index contributed by atoms with van der Waals surface area (Å²) < 4.78 is 23.7. The predicted octanol–water partition coefficient (Wildman–Crippen LogP) is 2.99. The van der Waals surface area contributed by atoms with E-state index in [2.05, 4.69) is 9.31 Å². The summed E-state index contributed by atoms with van der Waals surface area (Å²) >= 11 is 0. The highest BCUT2D eigenvalue weighted by molar-refractivity contribution is 6.13. The molecule has 0 atom stereocenters. The van der Waals surface area contributed by atoms with E-state index in [1.54, 1.807) is 24.3 Å². The van der Waals surface area contributed by atoms with Crippen molar-refractivity contribution < 1.29 is 37.6 Å². The van der Waals surface area contributed by atoms with Crippen LogP contribution in [0.4, 0.5) is 9.59 Å². The number of ketones is 1. The number of Topliss-reactive ketones (excluding diaryl/α,β-unsaturated/α-hetero) is 1. The monoisotopic (exact) mass is 350 g/mol. The molecule has 0 spiro atoms. The van der Waals surface area contributed by atoms with E-state index in [-0.39, 0.29) is 28.2 Å². The van der Waals surface area contributed by atoms with Gasteiger partial charge in [0.2, 0.25) is 0 Å². The third-order valence-electron chi connectivity index (χ3n) is 3.51. The highest BCUT2D eigenvalue weighted by atomic mass is 16.7. The third-order valence-corrected chi connectivity index (χ3v) is 3.51. The van der Waals surface area contributed by atoms with Crippen molar-refractivity contribution in [1.29, 1.82) is 0 Å². The van der Waals surface area contributed by atoms with Gasteiger partial charge >= 0.3 is 28.4 Å². The number of carbonyl (C=O) groups is 3. The van der Waals surface area contributed by atoms with Crippen LogP contribution in [0, 0.1) is 0 Å². The molecule has 8 nitrogen and oxygen atoms in total. The zero-order valence-electron chi connectivity index (χ0n) is 13.3. The van der Waals surface area contributed by atoms with E-state index in [0.29, 0.717) is 10.8 Å². The average Bonchev–Trinajstić information content (AvgIpc) is 3.09. The minimum atomic E-state index is -1.20. The van der Waals surface area contributed by atoms with E-state index >= 15 is 0 Å². The second-order valence-electron chi connectivity index (χ2n) is 5.05. The summed E-state index contributed by atoms with van der Waals surface area (Å²) in [6.07, 6.45) is -2.38. The average molecular weight is 350 g/mol. The molecular formula is C16H8B2O8. The molecule has 0 N–H and O–H groups in total. The normalized spacial score (nSPS) is 10.5. The van der Waals surface area contributed by atoms with Crippen molar-refractivity contribution in [2.45, 2.75) is 6.92 Å². The lowest BCUT2D eigenvalue weighted by atomic mass is 10.1. The number of furan rings is 1. The highest BCUT2D eigenvalue weighted by Crippen LogP contribution is 2.44. The number of benzene rings is 2. The van der Waals surface area contributed by atoms with E-state index in [9.17, 15) is 14.4 Å². The smallest absolute Gasteiger partial charge is 0.494 e. The zero-order valence-corrected chi connectivity index (χ0v) is 13.3. The van der Waals surface area contributed by atoms with Crippen LogP contribution in [0.25, 0.3) is 21.7 Å². The predicted molar refractivity (Wildman–Crippen MR) is 89.5 cm³/mol. The highest BCUT2D eigenvalue weighted by Gasteiger charge is 2.24. The maximum absolute atomic E-state index is 11.7. The van der Waals surface area contributed by atoms with Gasteiger partial charge in [-0.3, -0.25) is 4.79 Å². The van der Waals surface area contributed by atoms with Gasteiger partial charge in [-0.25, -0.2) is 9.59 Å². The molecule has 0 aliphatic rings. The lowest BCUT2D eigenvalue weighted by molar-refractivity contribution is 0.0989. The largest absolute Gasteiger partial charge is 0.513 e. The first-order chi connectivity index (χ1) is 12.5. The van der Waals surface area contributed by atoms with Crippen LogP contribution >= 0.6 is 0 Å². The fourth-order valence-corrected chi connectivity index (χ4v) is 2.47. The van der Waals surface area contributed by atoms with Gasteiger partial charge in [0, 0.05) is 17.7 Å². The Hall–Kier alpha value is -3.42. The molecule has 0 bridgehead atoms. The molecule has 1 aromatic heterocycles. The van der Waals surface area contributed by atoms with Crippen molar-refractivity contribution >= 4 is 55.9 Å². The molecule has 2 aromatic carbocycles. The number of hydrogen-bond acceptors (Lipinski definition) is 8. The topological polar surface area (TPSA) is 101 Å². The van der Waals surface area contributed by atoms with Gasteiger partial charge in [-0.05, 0) is 6.07 Å². The molecule has 0 saturated carbocycles. The Labute approximate surface area is 148 Å². The van der Waals surface area contributed by atoms with Gasteiger partial charge in [0.25, 0.3) is 0 Å². The van der Waals surface area contributed by atoms with Crippen molar-refractivity contribution in [1.82, 2.24) is 0 Å². The maximum atomic E-state index is 11.7. The zero-order chi connectivity index (χ0) is 18.8. The first kappa shape index (κ1) is 17.4. The molecule has 0 aliphatic carbocycles. The molecular weight excluding hydrogens is 342 g/mol. The molecule has 1 heterocycles. The van der Waals surface area contributed by atoms with Gasteiger partial charge in [0.15, 0.2) is 28.6 Å². The van der Waals surface area contributed by atoms with Crippen LogP contribution in [0.1, 0.15) is 17.5 Å². The molecule has 0 aliphatic heterocycles. The van der Waals surface area contributed by atoms with Crippen molar-refractivity contribution in [3.63, 3.8) is 0 Å². The van der Waals surface area contributed by atoms with Crippen LogP contribution in [0.15, 0.2) is 34.7 Å². The Kier molecular flexibility index (Phi) is 4.57. The summed E-state index contributed by atoms with van der Waals surface area (Å²) in [4.78, 5) is 34.7. The van der Waals surface area contributed by atoms with Crippen LogP contribution < -0.4 is 9.47 Å². The Morgan fingerprint density at radius 3 is 1.96 bits per heavy atom. The number of fused-ring (bicyclic) bond motifs is 2. The van der Waals surface area contributed by atoms with Crippen LogP contribution in [0.2, 0.25) is 0 Å². The molecule has 0 unspecified atom stereocenters. The molecule has 0 fully saturated rings. The second kappa shape index (κ2) is 6.83. The summed E-state index contributed by atoms with van der Waals surface area (Å²) in [5.41, 5.74) is -0.0286. The fraction of sp³-hybridized carbons (Fsp3) is 0.0625. The minimum Gasteiger partial charge on any atom is -0.513 e. The Balaban J connectivity index is 2.40. The third kappa shape index (κ3) is 2.97. The van der Waals surface area contributed by atoms with Crippen LogP contribution in [-0.2, 0) is 9.31 Å². The first-order valence-corrected chi connectivity index (χ1v) is 7.12. The van der Waals surface area contributed by atoms with Gasteiger partial charge < -0.3 is 23.2 Å². The Morgan fingerprint density at radius 1 is 0.885 bits per heavy atom. The Morgan fingerprint density at radius 2 is 1.42 bits per heavy atom. The number of carbonyl (C=O) groups excluding carboxylic acids is 3. The minimum absolute atomic E-state index is 0.00997. The lowest BCUT2D eigenvalue weighted by Gasteiger charge is -2.12. The summed E-state index contributed by atoms with van der Waals surface area (Å²) in [6.45, 7) is 1.28. The van der Waals surface area contributed by atoms with Gasteiger partial charge in [-0.1, -0.05) is 24.3 Å². The van der Waals surface area contributed by atoms with Crippen LogP contribution in [0.3, 0.4) is 0 Å². The fourth-order valence-electron chi connectivity index (χ4n) is 2.47. The van der Waals surface area contributed by atoms with Crippen LogP contribution in [-0.4, -0.2) is 34.2 Å². The number of ether oxygens (including phenoxy) is 2. The molecule has 26 heavy (non-hydrogen) atoms. The van der Waals surface area contributed by atoms with Gasteiger partial charge in [0.1, 0.15) is 0 Å². The summed E-state index contributed by atoms with van der Waals surface area (Å²) in [5.74, 6) is -0.500. The maximum Gasteiger partial charge on any atom is 0.494 e. The summed E-state index contributed by atoms with van der Waals surface area (Å²) in [5, 5.41) is 0.870. The molecule has 4 radical (unpaired) electrons. The van der Waals surface area contributed by atoms with E-state index in [1.807, 2.05) is 0 Å². The lowest BCUT2D eigenvalue weighted by Crippen LogP contribution is -2.10. The SMILES string of the molecule is [B]OC(=O)Oc1c2ccccc2c(OC(=O)O[B])c2oc(C(C)=O)cc12. The number of rotatable bonds is 3. The molecule has 126 valence electrons. The molecule has 10 heteroatoms. The second-order valence-corrected chi connectivity index (χ2v) is 5.05. The standard InChI is InChI=1S/C16H8B2O8/c1-7(19)11-6-10-12(23-15(20)25-17)8-4-2-3-5-9(8)13(14(10)22-11)24-16(21)26-18/h2-6H,1H3. The van der Waals surface area contributed by atoms with E-state index in [0.717, 1.165) is 0 Å². The van der Waals surface area contributed by atoms with Gasteiger partial charge in [0.05, 0.1) is 5.39 Å². The van der Waals surface area contributed by atoms with Crippen molar-refractivity contribution in [3.05, 3.63) is 36.1 Å². The first-order valence-electron chi connectivity index (χ1n) is 7.12. The Bertz CT molecular complexity index is 965. The summed E-state index contributed by atoms with van der Waals surface area (Å²) in [7, 11) is 9.64. The summed E-state index contributed by atoms with van der Waals surface area (Å²) in [6, 6.07) is 7.81.